The predicted molar refractivity (Wildman–Crippen MR) is 122 cm³/mol. The molecule has 1 N–H and O–H groups in total. The van der Waals surface area contributed by atoms with Crippen LogP contribution in [0.25, 0.3) is 0 Å². The van der Waals surface area contributed by atoms with Gasteiger partial charge in [0, 0.05) is 6.54 Å². The van der Waals surface area contributed by atoms with Crippen molar-refractivity contribution in [3.8, 4) is 0 Å². The van der Waals surface area contributed by atoms with E-state index in [1.54, 1.807) is 0 Å². The third-order valence-corrected chi connectivity index (χ3v) is 5.92. The molecule has 0 fully saturated rings. The van der Waals surface area contributed by atoms with E-state index in [-0.39, 0.29) is 0 Å². The van der Waals surface area contributed by atoms with E-state index >= 15 is 0 Å². The summed E-state index contributed by atoms with van der Waals surface area (Å²) in [6, 6.07) is 0. The summed E-state index contributed by atoms with van der Waals surface area (Å²) in [5, 5.41) is 8.94. The first-order chi connectivity index (χ1) is 14.0. The lowest BCUT2D eigenvalue weighted by Crippen LogP contribution is -2.27. The van der Waals surface area contributed by atoms with Gasteiger partial charge < -0.3 is 10.0 Å². The Morgan fingerprint density at radius 3 is 1.31 bits per heavy atom. The van der Waals surface area contributed by atoms with Crippen LogP contribution in [0.1, 0.15) is 104 Å². The largest absolute Gasteiger partial charge is 0.399 e. The molecule has 0 aromatic carbocycles. The van der Waals surface area contributed by atoms with Crippen LogP contribution in [0.15, 0.2) is 0 Å². The highest BCUT2D eigenvalue weighted by Gasteiger charge is 2.01. The quantitative estimate of drug-likeness (QED) is 0.259. The van der Waals surface area contributed by atoms with Crippen molar-refractivity contribution in [3.63, 3.8) is 0 Å². The van der Waals surface area contributed by atoms with E-state index in [9.17, 15) is 8.42 Å². The smallest absolute Gasteiger partial charge is 0.395 e. The molecule has 0 atom stereocenters. The van der Waals surface area contributed by atoms with Gasteiger partial charge in [-0.05, 0) is 19.5 Å². The van der Waals surface area contributed by atoms with Crippen LogP contribution in [-0.4, -0.2) is 58.9 Å². The van der Waals surface area contributed by atoms with E-state index in [1.807, 2.05) is 0 Å². The number of rotatable bonds is 20. The summed E-state index contributed by atoms with van der Waals surface area (Å²) in [7, 11) is -1.60. The highest BCUT2D eigenvalue weighted by Crippen LogP contribution is 2.13. The van der Waals surface area contributed by atoms with Crippen molar-refractivity contribution in [2.75, 3.05) is 40.5 Å². The van der Waals surface area contributed by atoms with Gasteiger partial charge in [0.05, 0.1) is 20.8 Å². The SMILES string of the molecule is CCCCCCCCCCCCCCCCN(CC)CCO.COS(=O)(=O)OC. The van der Waals surface area contributed by atoms with Gasteiger partial charge in [-0.2, -0.15) is 8.42 Å². The first kappa shape index (κ1) is 31.0. The standard InChI is InChI=1S/C20H43NO.C2H6O4S/c1-3-5-6-7-8-9-10-11-12-13-14-15-16-17-18-21(4-2)19-20-22;1-5-7(3,4)6-2/h22H,3-20H2,1-2H3;1-2H3. The first-order valence-corrected chi connectivity index (χ1v) is 13.0. The Hall–Kier alpha value is -0.210. The third-order valence-electron chi connectivity index (χ3n) is 5.10. The van der Waals surface area contributed by atoms with E-state index < -0.39 is 10.4 Å². The summed E-state index contributed by atoms with van der Waals surface area (Å²) < 4.78 is 27.5. The number of aliphatic hydroxyl groups is 1. The maximum absolute atomic E-state index is 9.92. The number of hydrogen-bond donors (Lipinski definition) is 1. The molecule has 29 heavy (non-hydrogen) atoms. The molecule has 0 unspecified atom stereocenters. The monoisotopic (exact) mass is 439 g/mol. The van der Waals surface area contributed by atoms with Gasteiger partial charge >= 0.3 is 10.4 Å². The van der Waals surface area contributed by atoms with Crippen LogP contribution in [0.3, 0.4) is 0 Å². The molecule has 0 rings (SSSR count). The molecule has 0 saturated carbocycles. The Morgan fingerprint density at radius 2 is 1.03 bits per heavy atom. The molecule has 7 heteroatoms. The fraction of sp³-hybridized carbons (Fsp3) is 1.00. The molecule has 0 spiro atoms. The van der Waals surface area contributed by atoms with E-state index in [0.717, 1.165) is 33.9 Å². The van der Waals surface area contributed by atoms with Crippen molar-refractivity contribution in [3.05, 3.63) is 0 Å². The molecule has 6 nitrogen and oxygen atoms in total. The number of aliphatic hydroxyl groups excluding tert-OH is 1. The van der Waals surface area contributed by atoms with Crippen LogP contribution in [0.2, 0.25) is 0 Å². The Kier molecular flexibility index (Phi) is 25.7. The number of likely N-dealkylation sites (N-methyl/N-ethyl adjacent to an activating group) is 1. The Morgan fingerprint density at radius 1 is 0.655 bits per heavy atom. The zero-order chi connectivity index (χ0) is 22.2. The molecule has 0 aliphatic heterocycles. The van der Waals surface area contributed by atoms with Crippen molar-refractivity contribution in [1.82, 2.24) is 4.90 Å². The molecule has 0 aliphatic carbocycles. The minimum atomic E-state index is -3.66. The van der Waals surface area contributed by atoms with Gasteiger partial charge in [-0.15, -0.1) is 0 Å². The molecule has 0 radical (unpaired) electrons. The number of nitrogens with zero attached hydrogens (tertiary/aromatic N) is 1. The summed E-state index contributed by atoms with van der Waals surface area (Å²) in [5.41, 5.74) is 0. The first-order valence-electron chi connectivity index (χ1n) is 11.7. The summed E-state index contributed by atoms with van der Waals surface area (Å²) in [4.78, 5) is 2.35. The van der Waals surface area contributed by atoms with Gasteiger partial charge in [-0.25, -0.2) is 0 Å². The fourth-order valence-corrected chi connectivity index (χ4v) is 3.30. The minimum absolute atomic E-state index is 0.298. The van der Waals surface area contributed by atoms with Gasteiger partial charge in [-0.1, -0.05) is 97.3 Å². The Labute approximate surface area is 181 Å². The highest BCUT2D eigenvalue weighted by atomic mass is 32.3. The lowest BCUT2D eigenvalue weighted by Gasteiger charge is -2.18. The van der Waals surface area contributed by atoms with Gasteiger partial charge in [-0.3, -0.25) is 8.37 Å². The van der Waals surface area contributed by atoms with Crippen molar-refractivity contribution in [2.24, 2.45) is 0 Å². The van der Waals surface area contributed by atoms with Crippen molar-refractivity contribution >= 4 is 10.4 Å². The molecule has 0 aromatic heterocycles. The van der Waals surface area contributed by atoms with Crippen LogP contribution < -0.4 is 0 Å². The van der Waals surface area contributed by atoms with Crippen LogP contribution >= 0.6 is 0 Å². The Balaban J connectivity index is 0. The minimum Gasteiger partial charge on any atom is -0.395 e. The van der Waals surface area contributed by atoms with Crippen molar-refractivity contribution < 1.29 is 21.9 Å². The van der Waals surface area contributed by atoms with E-state index in [2.05, 4.69) is 27.1 Å². The summed E-state index contributed by atoms with van der Waals surface area (Å²) in [6.45, 7) is 7.84. The van der Waals surface area contributed by atoms with Gasteiger partial charge in [0.25, 0.3) is 0 Å². The topological polar surface area (TPSA) is 76.1 Å². The molecule has 178 valence electrons. The second-order valence-corrected chi connectivity index (χ2v) is 8.98. The second kappa shape index (κ2) is 24.1. The van der Waals surface area contributed by atoms with E-state index in [0.29, 0.717) is 6.61 Å². The average Bonchev–Trinajstić information content (AvgIpc) is 2.73. The maximum atomic E-state index is 9.92. The maximum Gasteiger partial charge on any atom is 0.399 e. The Bertz CT molecular complexity index is 394. The molecule has 0 amide bonds. The van der Waals surface area contributed by atoms with Crippen molar-refractivity contribution in [2.45, 2.75) is 104 Å². The fourth-order valence-electron chi connectivity index (χ4n) is 3.17. The van der Waals surface area contributed by atoms with Crippen LogP contribution in [0, 0.1) is 0 Å². The van der Waals surface area contributed by atoms with Crippen LogP contribution in [-0.2, 0) is 18.8 Å². The summed E-state index contributed by atoms with van der Waals surface area (Å²) in [6.07, 6.45) is 19.9. The number of hydrogen-bond acceptors (Lipinski definition) is 6. The normalized spacial score (nSPS) is 11.5. The molecule has 0 bridgehead atoms. The van der Waals surface area contributed by atoms with Crippen molar-refractivity contribution in [1.29, 1.82) is 0 Å². The molecule has 0 aliphatic rings. The molecule has 0 saturated heterocycles. The summed E-state index contributed by atoms with van der Waals surface area (Å²) >= 11 is 0. The van der Waals surface area contributed by atoms with Crippen LogP contribution in [0.4, 0.5) is 0 Å². The van der Waals surface area contributed by atoms with Gasteiger partial charge in [0.2, 0.25) is 0 Å². The zero-order valence-electron chi connectivity index (χ0n) is 19.7. The van der Waals surface area contributed by atoms with E-state index in [1.165, 1.54) is 89.9 Å². The third kappa shape index (κ3) is 25.8. The molecular weight excluding hydrogens is 390 g/mol. The lowest BCUT2D eigenvalue weighted by atomic mass is 10.0. The van der Waals surface area contributed by atoms with Gasteiger partial charge in [0.1, 0.15) is 0 Å². The molecular formula is C22H49NO5S. The molecule has 0 heterocycles. The zero-order valence-corrected chi connectivity index (χ0v) is 20.5. The second-order valence-electron chi connectivity index (χ2n) is 7.50. The summed E-state index contributed by atoms with van der Waals surface area (Å²) in [5.74, 6) is 0. The predicted octanol–water partition coefficient (Wildman–Crippen LogP) is 5.31. The highest BCUT2D eigenvalue weighted by molar-refractivity contribution is 7.81. The van der Waals surface area contributed by atoms with E-state index in [4.69, 9.17) is 5.11 Å². The number of unbranched alkanes of at least 4 members (excludes halogenated alkanes) is 13. The average molecular weight is 440 g/mol. The van der Waals surface area contributed by atoms with Crippen LogP contribution in [0.5, 0.6) is 0 Å². The lowest BCUT2D eigenvalue weighted by molar-refractivity contribution is 0.199. The van der Waals surface area contributed by atoms with Gasteiger partial charge in [0.15, 0.2) is 0 Å². The molecule has 0 aromatic rings.